The van der Waals surface area contributed by atoms with Crippen LogP contribution in [0.5, 0.6) is 11.5 Å². The molecule has 4 rings (SSSR count). The Morgan fingerprint density at radius 1 is 0.346 bits per heavy atom. The number of ether oxygens (including phenoxy) is 2. The van der Waals surface area contributed by atoms with Crippen molar-refractivity contribution < 1.29 is 9.47 Å². The molecule has 0 atom stereocenters. The first kappa shape index (κ1) is 42.8. The van der Waals surface area contributed by atoms with E-state index in [1.807, 2.05) is 0 Å². The first-order valence-electron chi connectivity index (χ1n) is 23.2. The second-order valence-electron chi connectivity index (χ2n) is 17.3. The first-order chi connectivity index (χ1) is 25.7. The zero-order valence-corrected chi connectivity index (χ0v) is 34.4. The van der Waals surface area contributed by atoms with Crippen molar-refractivity contribution in [1.29, 1.82) is 0 Å². The van der Waals surface area contributed by atoms with E-state index in [4.69, 9.17) is 9.47 Å². The molecule has 0 N–H and O–H groups in total. The smallest absolute Gasteiger partial charge is 0.119 e. The summed E-state index contributed by atoms with van der Waals surface area (Å²) in [6, 6.07) is 17.3. The third kappa shape index (κ3) is 18.4. The van der Waals surface area contributed by atoms with Crippen molar-refractivity contribution in [2.75, 3.05) is 13.2 Å². The van der Waals surface area contributed by atoms with E-state index in [0.717, 1.165) is 48.4 Å². The standard InChI is InChI=1S/C50H82O2/c1-3-5-7-9-11-13-15-17-21-43-25-29-45(30-26-43)23-19-41-51-49-37-33-47(34-38-49)48-35-39-50(40-36-48)52-42-20-24-46-31-27-44(28-32-46)22-18-16-14-12-10-8-6-4-2/h33-40,43-46H,3-32,41-42H2,1-2H3. The van der Waals surface area contributed by atoms with Gasteiger partial charge < -0.3 is 9.47 Å². The SMILES string of the molecule is CCCCCCCCCCC1CCC(CCCOc2ccc(-c3ccc(OCCCC4CCC(CCCCCCCCCC)CC4)cc3)cc2)CC1. The molecule has 52 heavy (non-hydrogen) atoms. The molecule has 2 aromatic rings. The molecule has 0 aromatic heterocycles. The highest BCUT2D eigenvalue weighted by atomic mass is 16.5. The fourth-order valence-electron chi connectivity index (χ4n) is 9.36. The second-order valence-corrected chi connectivity index (χ2v) is 17.3. The van der Waals surface area contributed by atoms with Crippen LogP contribution in [0.3, 0.4) is 0 Å². The molecule has 0 amide bonds. The summed E-state index contributed by atoms with van der Waals surface area (Å²) in [6.45, 7) is 6.29. The maximum atomic E-state index is 6.16. The summed E-state index contributed by atoms with van der Waals surface area (Å²) in [4.78, 5) is 0. The second kappa shape index (κ2) is 27.6. The first-order valence-corrected chi connectivity index (χ1v) is 23.2. The van der Waals surface area contributed by atoms with Crippen LogP contribution in [0.4, 0.5) is 0 Å². The Hall–Kier alpha value is -1.96. The average Bonchev–Trinajstić information content (AvgIpc) is 3.19. The Balaban J connectivity index is 0.977. The highest BCUT2D eigenvalue weighted by molar-refractivity contribution is 5.64. The quantitative estimate of drug-likeness (QED) is 0.0781. The van der Waals surface area contributed by atoms with Gasteiger partial charge in [-0.3, -0.25) is 0 Å². The van der Waals surface area contributed by atoms with Gasteiger partial charge >= 0.3 is 0 Å². The van der Waals surface area contributed by atoms with Crippen molar-refractivity contribution in [1.82, 2.24) is 0 Å². The van der Waals surface area contributed by atoms with Gasteiger partial charge in [-0.05, 0) is 84.7 Å². The van der Waals surface area contributed by atoms with E-state index >= 15 is 0 Å². The van der Waals surface area contributed by atoms with Crippen LogP contribution < -0.4 is 9.47 Å². The number of rotatable bonds is 29. The summed E-state index contributed by atoms with van der Waals surface area (Å²) in [6.07, 6.45) is 42.7. The van der Waals surface area contributed by atoms with E-state index in [-0.39, 0.29) is 0 Å². The average molecular weight is 715 g/mol. The molecule has 2 aromatic carbocycles. The fourth-order valence-corrected chi connectivity index (χ4v) is 9.36. The van der Waals surface area contributed by atoms with Crippen LogP contribution in [0.15, 0.2) is 48.5 Å². The Morgan fingerprint density at radius 3 is 0.923 bits per heavy atom. The van der Waals surface area contributed by atoms with Gasteiger partial charge in [-0.25, -0.2) is 0 Å². The molecular weight excluding hydrogens is 633 g/mol. The van der Waals surface area contributed by atoms with Crippen molar-refractivity contribution in [3.8, 4) is 22.6 Å². The zero-order valence-electron chi connectivity index (χ0n) is 34.4. The largest absolute Gasteiger partial charge is 0.494 e. The molecule has 2 aliphatic rings. The van der Waals surface area contributed by atoms with Crippen LogP contribution in [-0.4, -0.2) is 13.2 Å². The topological polar surface area (TPSA) is 18.5 Å². The molecule has 294 valence electrons. The van der Waals surface area contributed by atoms with E-state index in [0.29, 0.717) is 0 Å². The Bertz CT molecular complexity index is 1000. The van der Waals surface area contributed by atoms with E-state index in [2.05, 4.69) is 62.4 Å². The highest BCUT2D eigenvalue weighted by Crippen LogP contribution is 2.36. The lowest BCUT2D eigenvalue weighted by atomic mass is 9.78. The molecule has 0 heterocycles. The molecule has 2 saturated carbocycles. The van der Waals surface area contributed by atoms with E-state index in [9.17, 15) is 0 Å². The van der Waals surface area contributed by atoms with Crippen LogP contribution in [0, 0.1) is 23.7 Å². The Labute approximate surface area is 323 Å². The summed E-state index contributed by atoms with van der Waals surface area (Å²) < 4.78 is 12.3. The molecule has 2 aliphatic carbocycles. The van der Waals surface area contributed by atoms with Gasteiger partial charge in [0.05, 0.1) is 13.2 Å². The maximum Gasteiger partial charge on any atom is 0.119 e. The Kier molecular flexibility index (Phi) is 22.7. The molecule has 0 radical (unpaired) electrons. The van der Waals surface area contributed by atoms with E-state index < -0.39 is 0 Å². The van der Waals surface area contributed by atoms with Crippen LogP contribution in [0.25, 0.3) is 11.1 Å². The van der Waals surface area contributed by atoms with Crippen molar-refractivity contribution >= 4 is 0 Å². The lowest BCUT2D eigenvalue weighted by molar-refractivity contribution is 0.228. The minimum Gasteiger partial charge on any atom is -0.494 e. The normalized spacial score (nSPS) is 20.6. The van der Waals surface area contributed by atoms with Crippen LogP contribution >= 0.6 is 0 Å². The molecule has 2 heteroatoms. The predicted octanol–water partition coefficient (Wildman–Crippen LogP) is 16.3. The molecule has 0 spiro atoms. The zero-order chi connectivity index (χ0) is 36.3. The summed E-state index contributed by atoms with van der Waals surface area (Å²) in [7, 11) is 0. The van der Waals surface area contributed by atoms with Gasteiger partial charge in [0.1, 0.15) is 11.5 Å². The third-order valence-electron chi connectivity index (χ3n) is 13.0. The van der Waals surface area contributed by atoms with Gasteiger partial charge in [0.25, 0.3) is 0 Å². The van der Waals surface area contributed by atoms with Crippen molar-refractivity contribution in [3.63, 3.8) is 0 Å². The number of unbranched alkanes of at least 4 members (excludes halogenated alkanes) is 14. The molecular formula is C50H82O2. The third-order valence-corrected chi connectivity index (χ3v) is 13.0. The van der Waals surface area contributed by atoms with Gasteiger partial charge in [0.2, 0.25) is 0 Å². The molecule has 0 bridgehead atoms. The number of hydrogen-bond acceptors (Lipinski definition) is 2. The van der Waals surface area contributed by atoms with Crippen molar-refractivity contribution in [2.24, 2.45) is 23.7 Å². The van der Waals surface area contributed by atoms with Gasteiger partial charge in [-0.1, -0.05) is 205 Å². The molecule has 0 saturated heterocycles. The van der Waals surface area contributed by atoms with Gasteiger partial charge in [-0.2, -0.15) is 0 Å². The molecule has 0 aliphatic heterocycles. The van der Waals surface area contributed by atoms with Crippen LogP contribution in [0.2, 0.25) is 0 Å². The van der Waals surface area contributed by atoms with Gasteiger partial charge in [0.15, 0.2) is 0 Å². The van der Waals surface area contributed by atoms with Crippen LogP contribution in [0.1, 0.15) is 206 Å². The lowest BCUT2D eigenvalue weighted by Crippen LogP contribution is -2.15. The van der Waals surface area contributed by atoms with Crippen molar-refractivity contribution in [2.45, 2.75) is 206 Å². The summed E-state index contributed by atoms with van der Waals surface area (Å²) >= 11 is 0. The molecule has 2 nitrogen and oxygen atoms in total. The fraction of sp³-hybridized carbons (Fsp3) is 0.760. The monoisotopic (exact) mass is 715 g/mol. The highest BCUT2D eigenvalue weighted by Gasteiger charge is 2.21. The summed E-state index contributed by atoms with van der Waals surface area (Å²) in [5.41, 5.74) is 2.47. The minimum absolute atomic E-state index is 0.837. The van der Waals surface area contributed by atoms with Gasteiger partial charge in [0, 0.05) is 0 Å². The predicted molar refractivity (Wildman–Crippen MR) is 227 cm³/mol. The Morgan fingerprint density at radius 2 is 0.615 bits per heavy atom. The lowest BCUT2D eigenvalue weighted by Gasteiger charge is -2.28. The number of benzene rings is 2. The summed E-state index contributed by atoms with van der Waals surface area (Å²) in [5, 5.41) is 0. The molecule has 2 fully saturated rings. The van der Waals surface area contributed by atoms with E-state index in [1.54, 1.807) is 0 Å². The molecule has 0 unspecified atom stereocenters. The summed E-state index contributed by atoms with van der Waals surface area (Å²) in [5.74, 6) is 5.85. The number of hydrogen-bond donors (Lipinski definition) is 0. The maximum absolute atomic E-state index is 6.16. The minimum atomic E-state index is 0.837. The van der Waals surface area contributed by atoms with Crippen molar-refractivity contribution in [3.05, 3.63) is 48.5 Å². The van der Waals surface area contributed by atoms with Crippen LogP contribution in [-0.2, 0) is 0 Å². The van der Waals surface area contributed by atoms with Gasteiger partial charge in [-0.15, -0.1) is 0 Å². The van der Waals surface area contributed by atoms with E-state index in [1.165, 1.54) is 204 Å².